The lowest BCUT2D eigenvalue weighted by Gasteiger charge is -2.38. The number of rotatable bonds is 6. The van der Waals surface area contributed by atoms with Gasteiger partial charge in [0, 0.05) is 23.9 Å². The fourth-order valence-corrected chi connectivity index (χ4v) is 3.49. The molecule has 2 rings (SSSR count). The van der Waals surface area contributed by atoms with Crippen LogP contribution in [0.2, 0.25) is 0 Å². The van der Waals surface area contributed by atoms with E-state index in [2.05, 4.69) is 0 Å². The summed E-state index contributed by atoms with van der Waals surface area (Å²) in [7, 11) is 1.12. The summed E-state index contributed by atoms with van der Waals surface area (Å²) in [6.07, 6.45) is 0.471. The number of non-ortho nitro benzene ring substituents is 1. The van der Waals surface area contributed by atoms with E-state index in [0.29, 0.717) is 6.29 Å². The first kappa shape index (κ1) is 20.8. The Morgan fingerprint density at radius 2 is 1.96 bits per heavy atom. The maximum atomic E-state index is 12.6. The molecule has 1 atom stereocenters. The van der Waals surface area contributed by atoms with Crippen molar-refractivity contribution >= 4 is 23.9 Å². The number of nitro benzene ring substituents is 1. The minimum atomic E-state index is -1.30. The molecule has 1 unspecified atom stereocenters. The van der Waals surface area contributed by atoms with E-state index < -0.39 is 22.8 Å². The van der Waals surface area contributed by atoms with Crippen LogP contribution in [0.15, 0.2) is 46.8 Å². The van der Waals surface area contributed by atoms with E-state index >= 15 is 0 Å². The van der Waals surface area contributed by atoms with E-state index in [1.165, 1.54) is 36.1 Å². The Hall–Kier alpha value is -3.49. The number of methoxy groups -OCH3 is 1. The van der Waals surface area contributed by atoms with Crippen LogP contribution in [0, 0.1) is 10.1 Å². The number of benzene rings is 1. The Balaban J connectivity index is 2.91. The van der Waals surface area contributed by atoms with Crippen LogP contribution in [-0.2, 0) is 19.1 Å². The third-order valence-corrected chi connectivity index (χ3v) is 4.54. The van der Waals surface area contributed by atoms with E-state index in [1.807, 2.05) is 0 Å². The molecule has 1 aliphatic heterocycles. The highest BCUT2D eigenvalue weighted by atomic mass is 16.6. The number of carbonyl (C=O) groups is 3. The number of esters is 1. The van der Waals surface area contributed by atoms with Crippen molar-refractivity contribution in [3.8, 4) is 0 Å². The van der Waals surface area contributed by atoms with Crippen molar-refractivity contribution < 1.29 is 29.2 Å². The monoisotopic (exact) mass is 388 g/mol. The van der Waals surface area contributed by atoms with Crippen molar-refractivity contribution in [1.82, 2.24) is 4.90 Å². The van der Waals surface area contributed by atoms with Gasteiger partial charge in [-0.15, -0.1) is 0 Å². The molecule has 0 bridgehead atoms. The van der Waals surface area contributed by atoms with Gasteiger partial charge < -0.3 is 14.7 Å². The fraction of sp³-hybridized carbons (Fsp3) is 0.316. The van der Waals surface area contributed by atoms with Gasteiger partial charge in [0.2, 0.25) is 0 Å². The summed E-state index contributed by atoms with van der Waals surface area (Å²) in [5, 5.41) is 21.0. The van der Waals surface area contributed by atoms with Crippen LogP contribution in [0.1, 0.15) is 32.3 Å². The van der Waals surface area contributed by atoms with E-state index in [4.69, 9.17) is 4.74 Å². The number of nitrogens with zero attached hydrogens (tertiary/aromatic N) is 2. The second-order valence-electron chi connectivity index (χ2n) is 6.46. The maximum absolute atomic E-state index is 12.6. The molecule has 1 heterocycles. The summed E-state index contributed by atoms with van der Waals surface area (Å²) < 4.78 is 4.81. The second kappa shape index (κ2) is 8.03. The normalized spacial score (nSPS) is 17.0. The van der Waals surface area contributed by atoms with Gasteiger partial charge >= 0.3 is 11.9 Å². The Morgan fingerprint density at radius 3 is 2.43 bits per heavy atom. The van der Waals surface area contributed by atoms with Gasteiger partial charge in [-0.1, -0.05) is 12.1 Å². The number of carboxylic acid groups (broad SMARTS) is 1. The Kier molecular flexibility index (Phi) is 5.97. The highest BCUT2D eigenvalue weighted by Crippen LogP contribution is 2.43. The smallest absolute Gasteiger partial charge is 0.336 e. The summed E-state index contributed by atoms with van der Waals surface area (Å²) >= 11 is 0. The molecule has 0 saturated heterocycles. The number of ether oxygens (including phenoxy) is 1. The van der Waals surface area contributed by atoms with Crippen LogP contribution in [0.4, 0.5) is 5.69 Å². The molecular weight excluding hydrogens is 368 g/mol. The van der Waals surface area contributed by atoms with E-state index in [0.717, 1.165) is 7.11 Å². The topological polar surface area (TPSA) is 127 Å². The Labute approximate surface area is 161 Å². The third-order valence-electron chi connectivity index (χ3n) is 4.54. The number of carbonyl (C=O) groups excluding carboxylic acids is 2. The minimum absolute atomic E-state index is 0.0270. The van der Waals surface area contributed by atoms with Gasteiger partial charge in [0.1, 0.15) is 0 Å². The molecule has 0 saturated carbocycles. The summed E-state index contributed by atoms with van der Waals surface area (Å²) in [5.74, 6) is -3.37. The summed E-state index contributed by atoms with van der Waals surface area (Å²) in [6, 6.07) is 5.00. The van der Waals surface area contributed by atoms with Crippen LogP contribution in [0.3, 0.4) is 0 Å². The average molecular weight is 388 g/mol. The van der Waals surface area contributed by atoms with Gasteiger partial charge in [-0.05, 0) is 26.3 Å². The van der Waals surface area contributed by atoms with Gasteiger partial charge in [0.25, 0.3) is 5.69 Å². The van der Waals surface area contributed by atoms with Crippen LogP contribution in [0.5, 0.6) is 0 Å². The van der Waals surface area contributed by atoms with Gasteiger partial charge in [-0.25, -0.2) is 9.59 Å². The molecule has 9 nitrogen and oxygen atoms in total. The lowest BCUT2D eigenvalue weighted by molar-refractivity contribution is -0.384. The second-order valence-corrected chi connectivity index (χ2v) is 6.46. The highest BCUT2D eigenvalue weighted by molar-refractivity contribution is 6.02. The molecular formula is C19H20N2O7. The number of hydrogen-bond donors (Lipinski definition) is 1. The number of hydrogen-bond acceptors (Lipinski definition) is 7. The molecule has 1 aromatic rings. The molecule has 0 amide bonds. The number of aldehydes is 1. The van der Waals surface area contributed by atoms with Gasteiger partial charge in [-0.3, -0.25) is 14.9 Å². The summed E-state index contributed by atoms with van der Waals surface area (Å²) in [6.45, 7) is 5.02. The maximum Gasteiger partial charge on any atom is 0.336 e. The van der Waals surface area contributed by atoms with Crippen molar-refractivity contribution in [2.45, 2.75) is 32.7 Å². The van der Waals surface area contributed by atoms with Gasteiger partial charge in [0.05, 0.1) is 34.8 Å². The van der Waals surface area contributed by atoms with E-state index in [1.54, 1.807) is 13.8 Å². The van der Waals surface area contributed by atoms with Crippen molar-refractivity contribution in [2.75, 3.05) is 7.11 Å². The first-order chi connectivity index (χ1) is 13.1. The third kappa shape index (κ3) is 3.51. The van der Waals surface area contributed by atoms with Crippen LogP contribution < -0.4 is 0 Å². The molecule has 1 N–H and O–H groups in total. The summed E-state index contributed by atoms with van der Waals surface area (Å²) in [5.41, 5.74) is -0.137. The van der Waals surface area contributed by atoms with Crippen molar-refractivity contribution in [3.63, 3.8) is 0 Å². The van der Waals surface area contributed by atoms with Crippen molar-refractivity contribution in [2.24, 2.45) is 0 Å². The molecule has 0 aromatic heterocycles. The van der Waals surface area contributed by atoms with Crippen molar-refractivity contribution in [3.05, 3.63) is 62.5 Å². The lowest BCUT2D eigenvalue weighted by atomic mass is 9.79. The zero-order valence-electron chi connectivity index (χ0n) is 15.8. The number of allylic oxidation sites excluding steroid dienone is 2. The quantitative estimate of drug-likeness (QED) is 0.341. The van der Waals surface area contributed by atoms with Gasteiger partial charge in [0.15, 0.2) is 6.29 Å². The number of carboxylic acids is 1. The molecule has 1 aliphatic rings. The molecule has 1 aromatic carbocycles. The standard InChI is InChI=1S/C19H20N2O7/c1-10(2)20-11(3)15(18(23)24)16(17(14(20)9-22)19(25)28-4)12-6-5-7-13(8-12)21(26)27/h5-10,16H,1-4H3,(H,23,24). The molecule has 0 fully saturated rings. The van der Waals surface area contributed by atoms with Crippen molar-refractivity contribution in [1.29, 1.82) is 0 Å². The predicted molar refractivity (Wildman–Crippen MR) is 98.3 cm³/mol. The Morgan fingerprint density at radius 1 is 1.32 bits per heavy atom. The summed E-state index contributed by atoms with van der Waals surface area (Å²) in [4.78, 5) is 48.6. The predicted octanol–water partition coefficient (Wildman–Crippen LogP) is 2.39. The molecule has 148 valence electrons. The minimum Gasteiger partial charge on any atom is -0.478 e. The van der Waals surface area contributed by atoms with Crippen LogP contribution in [0.25, 0.3) is 0 Å². The van der Waals surface area contributed by atoms with Crippen LogP contribution >= 0.6 is 0 Å². The van der Waals surface area contributed by atoms with E-state index in [-0.39, 0.29) is 39.8 Å². The Bertz CT molecular complexity index is 915. The van der Waals surface area contributed by atoms with Gasteiger partial charge in [-0.2, -0.15) is 0 Å². The highest BCUT2D eigenvalue weighted by Gasteiger charge is 2.42. The molecule has 0 aliphatic carbocycles. The number of aliphatic carboxylic acids is 1. The fourth-order valence-electron chi connectivity index (χ4n) is 3.49. The molecule has 0 radical (unpaired) electrons. The first-order valence-corrected chi connectivity index (χ1v) is 8.40. The zero-order valence-corrected chi connectivity index (χ0v) is 15.8. The first-order valence-electron chi connectivity index (χ1n) is 8.40. The zero-order chi connectivity index (χ0) is 21.2. The van der Waals surface area contributed by atoms with E-state index in [9.17, 15) is 29.6 Å². The number of nitro groups is 1. The SMILES string of the molecule is COC(=O)C1=C(C=O)N(C(C)C)C(C)=C(C(=O)O)C1c1cccc([N+](=O)[O-])c1. The lowest BCUT2D eigenvalue weighted by Crippen LogP contribution is -2.39. The largest absolute Gasteiger partial charge is 0.478 e. The molecule has 9 heteroatoms. The molecule has 0 spiro atoms. The van der Waals surface area contributed by atoms with Crippen LogP contribution in [-0.4, -0.2) is 46.3 Å². The average Bonchev–Trinajstić information content (AvgIpc) is 2.65. The molecule has 28 heavy (non-hydrogen) atoms.